The van der Waals surface area contributed by atoms with Gasteiger partial charge in [0.25, 0.3) is 0 Å². The van der Waals surface area contributed by atoms with Gasteiger partial charge in [0.05, 0.1) is 11.9 Å². The third-order valence-electron chi connectivity index (χ3n) is 3.41. The molecular formula is C14H25N5O2. The van der Waals surface area contributed by atoms with Gasteiger partial charge < -0.3 is 15.4 Å². The normalized spacial score (nSPS) is 16.6. The fourth-order valence-corrected chi connectivity index (χ4v) is 2.12. The molecule has 1 saturated carbocycles. The maximum Gasteiger partial charge on any atom is 0.407 e. The highest BCUT2D eigenvalue weighted by molar-refractivity contribution is 5.67. The van der Waals surface area contributed by atoms with Gasteiger partial charge in [-0.3, -0.25) is 4.68 Å². The molecular weight excluding hydrogens is 270 g/mol. The van der Waals surface area contributed by atoms with E-state index >= 15 is 0 Å². The van der Waals surface area contributed by atoms with E-state index in [4.69, 9.17) is 4.74 Å². The number of carbonyl (C=O) groups excluding carboxylic acids is 1. The Labute approximate surface area is 125 Å². The van der Waals surface area contributed by atoms with Crippen LogP contribution in [0.1, 0.15) is 39.3 Å². The third kappa shape index (κ3) is 5.34. The summed E-state index contributed by atoms with van der Waals surface area (Å²) in [6.07, 6.45) is 3.80. The van der Waals surface area contributed by atoms with Crippen molar-refractivity contribution in [1.29, 1.82) is 0 Å². The smallest absolute Gasteiger partial charge is 0.407 e. The molecule has 1 aliphatic carbocycles. The van der Waals surface area contributed by atoms with Crippen molar-refractivity contribution in [2.75, 3.05) is 6.54 Å². The lowest BCUT2D eigenvalue weighted by Gasteiger charge is -2.22. The van der Waals surface area contributed by atoms with E-state index in [0.717, 1.165) is 5.69 Å². The highest BCUT2D eigenvalue weighted by Crippen LogP contribution is 2.32. The molecule has 0 aliphatic heterocycles. The van der Waals surface area contributed by atoms with Crippen molar-refractivity contribution in [2.45, 2.75) is 51.8 Å². The van der Waals surface area contributed by atoms with Gasteiger partial charge in [-0.15, -0.1) is 5.10 Å². The number of rotatable bonds is 6. The van der Waals surface area contributed by atoms with Gasteiger partial charge in [-0.1, -0.05) is 5.21 Å². The fourth-order valence-electron chi connectivity index (χ4n) is 2.12. The highest BCUT2D eigenvalue weighted by Gasteiger charge is 2.31. The summed E-state index contributed by atoms with van der Waals surface area (Å²) in [5, 5.41) is 14.1. The molecule has 21 heavy (non-hydrogen) atoms. The molecule has 1 unspecified atom stereocenters. The SMILES string of the molecule is Cn1nncc1CNC(CNC(=O)OC(C)(C)C)C1CC1. The van der Waals surface area contributed by atoms with E-state index in [1.165, 1.54) is 12.8 Å². The van der Waals surface area contributed by atoms with Crippen molar-refractivity contribution in [3.8, 4) is 0 Å². The number of nitrogens with one attached hydrogen (secondary N) is 2. The Morgan fingerprint density at radius 2 is 2.24 bits per heavy atom. The first kappa shape index (κ1) is 15.8. The summed E-state index contributed by atoms with van der Waals surface area (Å²) >= 11 is 0. The summed E-state index contributed by atoms with van der Waals surface area (Å²) in [5.41, 5.74) is 0.561. The van der Waals surface area contributed by atoms with Crippen LogP contribution in [0.4, 0.5) is 4.79 Å². The molecule has 1 amide bonds. The molecule has 1 atom stereocenters. The predicted octanol–water partition coefficient (Wildman–Crippen LogP) is 1.21. The largest absolute Gasteiger partial charge is 0.444 e. The molecule has 0 saturated heterocycles. The number of carbonyl (C=O) groups is 1. The van der Waals surface area contributed by atoms with Crippen molar-refractivity contribution >= 4 is 6.09 Å². The number of nitrogens with zero attached hydrogens (tertiary/aromatic N) is 3. The average Bonchev–Trinajstić information content (AvgIpc) is 3.11. The molecule has 1 aliphatic rings. The van der Waals surface area contributed by atoms with Crippen molar-refractivity contribution in [3.05, 3.63) is 11.9 Å². The topological polar surface area (TPSA) is 81.1 Å². The van der Waals surface area contributed by atoms with Crippen LogP contribution in [0.15, 0.2) is 6.20 Å². The Kier molecular flexibility index (Phi) is 4.82. The number of aromatic nitrogens is 3. The minimum atomic E-state index is -0.465. The van der Waals surface area contributed by atoms with Gasteiger partial charge >= 0.3 is 6.09 Å². The van der Waals surface area contributed by atoms with E-state index in [2.05, 4.69) is 20.9 Å². The van der Waals surface area contributed by atoms with E-state index in [-0.39, 0.29) is 12.1 Å². The molecule has 0 aromatic carbocycles. The number of aryl methyl sites for hydroxylation is 1. The van der Waals surface area contributed by atoms with Crippen molar-refractivity contribution in [3.63, 3.8) is 0 Å². The maximum atomic E-state index is 11.7. The van der Waals surface area contributed by atoms with E-state index in [0.29, 0.717) is 19.0 Å². The zero-order chi connectivity index (χ0) is 15.5. The van der Waals surface area contributed by atoms with E-state index < -0.39 is 5.60 Å². The van der Waals surface area contributed by atoms with E-state index in [1.54, 1.807) is 10.9 Å². The van der Waals surface area contributed by atoms with Crippen LogP contribution in [0.2, 0.25) is 0 Å². The molecule has 2 rings (SSSR count). The molecule has 0 radical (unpaired) electrons. The molecule has 1 aromatic heterocycles. The number of hydrogen-bond donors (Lipinski definition) is 2. The number of amides is 1. The monoisotopic (exact) mass is 295 g/mol. The summed E-state index contributed by atoms with van der Waals surface area (Å²) in [7, 11) is 1.87. The standard InChI is InChI=1S/C14H25N5O2/c1-14(2,3)21-13(20)16-9-12(10-5-6-10)15-7-11-8-17-18-19(11)4/h8,10,12,15H,5-7,9H2,1-4H3,(H,16,20). The van der Waals surface area contributed by atoms with Gasteiger partial charge in [-0.25, -0.2) is 4.79 Å². The summed E-state index contributed by atoms with van der Waals surface area (Å²) < 4.78 is 7.00. The van der Waals surface area contributed by atoms with Crippen LogP contribution in [0.5, 0.6) is 0 Å². The van der Waals surface area contributed by atoms with Crippen LogP contribution < -0.4 is 10.6 Å². The molecule has 0 spiro atoms. The van der Waals surface area contributed by atoms with Crippen LogP contribution in [0, 0.1) is 5.92 Å². The molecule has 2 N–H and O–H groups in total. The second-order valence-electron chi connectivity index (χ2n) is 6.56. The van der Waals surface area contributed by atoms with Gasteiger partial charge in [0, 0.05) is 26.2 Å². The molecule has 0 bridgehead atoms. The van der Waals surface area contributed by atoms with E-state index in [1.807, 2.05) is 27.8 Å². The lowest BCUT2D eigenvalue weighted by atomic mass is 10.2. The first-order valence-electron chi connectivity index (χ1n) is 7.39. The Hall–Kier alpha value is -1.63. The first-order valence-corrected chi connectivity index (χ1v) is 7.39. The van der Waals surface area contributed by atoms with Crippen LogP contribution in [-0.2, 0) is 18.3 Å². The highest BCUT2D eigenvalue weighted by atomic mass is 16.6. The molecule has 1 fully saturated rings. The first-order chi connectivity index (χ1) is 9.85. The predicted molar refractivity (Wildman–Crippen MR) is 78.6 cm³/mol. The minimum absolute atomic E-state index is 0.257. The summed E-state index contributed by atoms with van der Waals surface area (Å²) in [5.74, 6) is 0.626. The zero-order valence-corrected chi connectivity index (χ0v) is 13.2. The molecule has 7 heteroatoms. The summed E-state index contributed by atoms with van der Waals surface area (Å²) in [6, 6.07) is 0.257. The Balaban J connectivity index is 1.77. The van der Waals surface area contributed by atoms with Gasteiger partial charge in [-0.05, 0) is 39.5 Å². The van der Waals surface area contributed by atoms with Crippen LogP contribution in [0.25, 0.3) is 0 Å². The molecule has 1 aromatic rings. The molecule has 118 valence electrons. The van der Waals surface area contributed by atoms with Crippen molar-refractivity contribution < 1.29 is 9.53 Å². The minimum Gasteiger partial charge on any atom is -0.444 e. The van der Waals surface area contributed by atoms with Gasteiger partial charge in [0.2, 0.25) is 0 Å². The summed E-state index contributed by atoms with van der Waals surface area (Å²) in [6.45, 7) is 6.85. The molecule has 7 nitrogen and oxygen atoms in total. The van der Waals surface area contributed by atoms with Gasteiger partial charge in [0.15, 0.2) is 0 Å². The van der Waals surface area contributed by atoms with E-state index in [9.17, 15) is 4.79 Å². The van der Waals surface area contributed by atoms with Crippen LogP contribution in [0.3, 0.4) is 0 Å². The second kappa shape index (κ2) is 6.43. The Bertz CT molecular complexity index is 476. The summed E-state index contributed by atoms with van der Waals surface area (Å²) in [4.78, 5) is 11.7. The van der Waals surface area contributed by atoms with Gasteiger partial charge in [0.1, 0.15) is 5.60 Å². The number of ether oxygens (including phenoxy) is 1. The van der Waals surface area contributed by atoms with Crippen molar-refractivity contribution in [2.24, 2.45) is 13.0 Å². The quantitative estimate of drug-likeness (QED) is 0.824. The fraction of sp³-hybridized carbons (Fsp3) is 0.786. The Morgan fingerprint density at radius 3 is 2.76 bits per heavy atom. The van der Waals surface area contributed by atoms with Gasteiger partial charge in [-0.2, -0.15) is 0 Å². The maximum absolute atomic E-state index is 11.7. The third-order valence-corrected chi connectivity index (χ3v) is 3.41. The van der Waals surface area contributed by atoms with Crippen molar-refractivity contribution in [1.82, 2.24) is 25.6 Å². The van der Waals surface area contributed by atoms with Crippen LogP contribution >= 0.6 is 0 Å². The Morgan fingerprint density at radius 1 is 1.52 bits per heavy atom. The zero-order valence-electron chi connectivity index (χ0n) is 13.2. The molecule has 1 heterocycles. The number of hydrogen-bond acceptors (Lipinski definition) is 5. The van der Waals surface area contributed by atoms with Crippen LogP contribution in [-0.4, -0.2) is 39.3 Å². The lowest BCUT2D eigenvalue weighted by Crippen LogP contribution is -2.43. The average molecular weight is 295 g/mol. The second-order valence-corrected chi connectivity index (χ2v) is 6.56. The lowest BCUT2D eigenvalue weighted by molar-refractivity contribution is 0.0521. The number of alkyl carbamates (subject to hydrolysis) is 1.